The van der Waals surface area contributed by atoms with Crippen molar-refractivity contribution in [3.05, 3.63) is 71.3 Å². The molecule has 1 aliphatic heterocycles. The zero-order valence-electron chi connectivity index (χ0n) is 18.2. The van der Waals surface area contributed by atoms with Gasteiger partial charge in [0, 0.05) is 17.7 Å². The van der Waals surface area contributed by atoms with Crippen LogP contribution < -0.4 is 9.47 Å². The summed E-state index contributed by atoms with van der Waals surface area (Å²) in [5, 5.41) is 0. The van der Waals surface area contributed by atoms with Crippen LogP contribution in [0.1, 0.15) is 45.5 Å². The Bertz CT molecular complexity index is 931. The van der Waals surface area contributed by atoms with Crippen molar-refractivity contribution in [3.8, 4) is 11.5 Å². The molecule has 162 valence electrons. The van der Waals surface area contributed by atoms with Crippen molar-refractivity contribution in [2.75, 3.05) is 27.3 Å². The maximum atomic E-state index is 12.8. The predicted molar refractivity (Wildman–Crippen MR) is 120 cm³/mol. The molecule has 0 unspecified atom stereocenters. The summed E-state index contributed by atoms with van der Waals surface area (Å²) in [4.78, 5) is 28.1. The highest BCUT2D eigenvalue weighted by molar-refractivity contribution is 6.26. The molecule has 0 radical (unpaired) electrons. The standard InChI is InChI=1S/C26H29NO4/c1-30-23-15-21-22(16-24(23)31-2)26(29)20(25(21)28)10-6-9-18-11-13-27(14-12-18)17-19-7-4-3-5-8-19/h3-9,15-16,18,20H,10-14,17H2,1-2H3. The first-order valence-electron chi connectivity index (χ1n) is 10.9. The summed E-state index contributed by atoms with van der Waals surface area (Å²) in [6, 6.07) is 13.8. The Hall–Kier alpha value is -2.92. The molecule has 0 spiro atoms. The zero-order valence-corrected chi connectivity index (χ0v) is 18.2. The van der Waals surface area contributed by atoms with E-state index in [1.165, 1.54) is 19.8 Å². The molecule has 5 heteroatoms. The molecule has 1 saturated heterocycles. The highest BCUT2D eigenvalue weighted by atomic mass is 16.5. The molecule has 31 heavy (non-hydrogen) atoms. The molecule has 1 heterocycles. The number of likely N-dealkylation sites (tertiary alicyclic amines) is 1. The second-order valence-corrected chi connectivity index (χ2v) is 8.30. The van der Waals surface area contributed by atoms with Gasteiger partial charge in [0.05, 0.1) is 20.1 Å². The number of nitrogens with zero attached hydrogens (tertiary/aromatic N) is 1. The van der Waals surface area contributed by atoms with Gasteiger partial charge in [-0.1, -0.05) is 42.5 Å². The fraction of sp³-hybridized carbons (Fsp3) is 0.385. The lowest BCUT2D eigenvalue weighted by molar-refractivity contribution is 0.0840. The summed E-state index contributed by atoms with van der Waals surface area (Å²) < 4.78 is 10.6. The van der Waals surface area contributed by atoms with E-state index in [0.717, 1.165) is 32.5 Å². The number of ketones is 2. The van der Waals surface area contributed by atoms with E-state index in [0.29, 0.717) is 35.0 Å². The van der Waals surface area contributed by atoms with Crippen LogP contribution in [-0.2, 0) is 6.54 Å². The molecule has 0 atom stereocenters. The Morgan fingerprint density at radius 2 is 1.52 bits per heavy atom. The highest BCUT2D eigenvalue weighted by Crippen LogP contribution is 2.37. The van der Waals surface area contributed by atoms with Crippen LogP contribution in [-0.4, -0.2) is 43.8 Å². The van der Waals surface area contributed by atoms with Crippen LogP contribution in [0.15, 0.2) is 54.6 Å². The summed E-state index contributed by atoms with van der Waals surface area (Å²) in [7, 11) is 3.05. The number of benzene rings is 2. The fourth-order valence-corrected chi connectivity index (χ4v) is 4.55. The minimum atomic E-state index is -0.638. The highest BCUT2D eigenvalue weighted by Gasteiger charge is 2.38. The topological polar surface area (TPSA) is 55.8 Å². The maximum Gasteiger partial charge on any atom is 0.174 e. The number of allylic oxidation sites excluding steroid dienone is 2. The number of methoxy groups -OCH3 is 2. The van der Waals surface area contributed by atoms with Crippen LogP contribution >= 0.6 is 0 Å². The molecule has 0 N–H and O–H groups in total. The molecule has 0 amide bonds. The van der Waals surface area contributed by atoms with Crippen molar-refractivity contribution in [3.63, 3.8) is 0 Å². The van der Waals surface area contributed by atoms with E-state index >= 15 is 0 Å². The van der Waals surface area contributed by atoms with Gasteiger partial charge >= 0.3 is 0 Å². The van der Waals surface area contributed by atoms with Gasteiger partial charge in [-0.25, -0.2) is 0 Å². The SMILES string of the molecule is COc1cc2c(cc1OC)C(=O)C(CC=CC1CCN(Cc3ccccc3)CC1)C2=O. The van der Waals surface area contributed by atoms with E-state index < -0.39 is 5.92 Å². The Morgan fingerprint density at radius 3 is 2.06 bits per heavy atom. The lowest BCUT2D eigenvalue weighted by Gasteiger charge is -2.30. The van der Waals surface area contributed by atoms with E-state index in [1.54, 1.807) is 12.1 Å². The fourth-order valence-electron chi connectivity index (χ4n) is 4.55. The summed E-state index contributed by atoms with van der Waals surface area (Å²) >= 11 is 0. The molecule has 0 saturated carbocycles. The van der Waals surface area contributed by atoms with Gasteiger partial charge < -0.3 is 9.47 Å². The maximum absolute atomic E-state index is 12.8. The van der Waals surface area contributed by atoms with Crippen molar-refractivity contribution in [2.24, 2.45) is 11.8 Å². The molecule has 2 aromatic carbocycles. The van der Waals surface area contributed by atoms with Crippen LogP contribution in [0.3, 0.4) is 0 Å². The Balaban J connectivity index is 1.32. The van der Waals surface area contributed by atoms with Crippen LogP contribution in [0, 0.1) is 11.8 Å². The molecule has 0 aromatic heterocycles. The molecule has 1 fully saturated rings. The van der Waals surface area contributed by atoms with E-state index in [4.69, 9.17) is 9.47 Å². The van der Waals surface area contributed by atoms with Gasteiger partial charge in [0.1, 0.15) is 0 Å². The lowest BCUT2D eigenvalue weighted by atomic mass is 9.93. The number of carbonyl (C=O) groups is 2. The molecule has 2 aromatic rings. The smallest absolute Gasteiger partial charge is 0.174 e. The first kappa shape index (κ1) is 21.3. The molecule has 0 bridgehead atoms. The Labute approximate surface area is 183 Å². The van der Waals surface area contributed by atoms with Crippen LogP contribution in [0.2, 0.25) is 0 Å². The van der Waals surface area contributed by atoms with Crippen LogP contribution in [0.5, 0.6) is 11.5 Å². The number of carbonyl (C=O) groups excluding carboxylic acids is 2. The Kier molecular flexibility index (Phi) is 6.52. The van der Waals surface area contributed by atoms with E-state index in [1.807, 2.05) is 12.1 Å². The number of piperidine rings is 1. The third-order valence-electron chi connectivity index (χ3n) is 6.35. The van der Waals surface area contributed by atoms with Crippen molar-refractivity contribution >= 4 is 11.6 Å². The van der Waals surface area contributed by atoms with Crippen molar-refractivity contribution in [1.29, 1.82) is 0 Å². The quantitative estimate of drug-likeness (QED) is 0.487. The second kappa shape index (κ2) is 9.48. The van der Waals surface area contributed by atoms with E-state index in [2.05, 4.69) is 35.2 Å². The predicted octanol–water partition coefficient (Wildman–Crippen LogP) is 4.56. The minimum absolute atomic E-state index is 0.122. The minimum Gasteiger partial charge on any atom is -0.493 e. The largest absolute Gasteiger partial charge is 0.493 e. The zero-order chi connectivity index (χ0) is 21.8. The first-order valence-corrected chi connectivity index (χ1v) is 10.9. The number of hydrogen-bond donors (Lipinski definition) is 0. The van der Waals surface area contributed by atoms with Gasteiger partial charge in [-0.3, -0.25) is 14.5 Å². The molecule has 4 rings (SSSR count). The lowest BCUT2D eigenvalue weighted by Crippen LogP contribution is -2.32. The average Bonchev–Trinajstić information content (AvgIpc) is 3.04. The summed E-state index contributed by atoms with van der Waals surface area (Å²) in [5.74, 6) is 0.565. The normalized spacial score (nSPS) is 18.0. The number of fused-ring (bicyclic) bond motifs is 1. The first-order chi connectivity index (χ1) is 15.1. The average molecular weight is 420 g/mol. The van der Waals surface area contributed by atoms with E-state index in [-0.39, 0.29) is 11.6 Å². The van der Waals surface area contributed by atoms with Gasteiger partial charge in [0.25, 0.3) is 0 Å². The van der Waals surface area contributed by atoms with Gasteiger partial charge in [-0.05, 0) is 56.0 Å². The van der Waals surface area contributed by atoms with Gasteiger partial charge in [-0.2, -0.15) is 0 Å². The van der Waals surface area contributed by atoms with Crippen molar-refractivity contribution in [1.82, 2.24) is 4.90 Å². The number of rotatable bonds is 7. The molecule has 1 aliphatic carbocycles. The van der Waals surface area contributed by atoms with Gasteiger partial charge in [0.2, 0.25) is 0 Å². The van der Waals surface area contributed by atoms with Gasteiger partial charge in [-0.15, -0.1) is 0 Å². The molecule has 5 nitrogen and oxygen atoms in total. The van der Waals surface area contributed by atoms with Crippen molar-refractivity contribution < 1.29 is 19.1 Å². The van der Waals surface area contributed by atoms with Gasteiger partial charge in [0.15, 0.2) is 23.1 Å². The third kappa shape index (κ3) is 4.57. The number of Topliss-reactive ketones (excluding diaryl/α,β-unsaturated/α-hetero) is 2. The summed E-state index contributed by atoms with van der Waals surface area (Å²) in [6.07, 6.45) is 6.87. The molecule has 2 aliphatic rings. The number of ether oxygens (including phenoxy) is 2. The molecular weight excluding hydrogens is 390 g/mol. The summed E-state index contributed by atoms with van der Waals surface area (Å²) in [6.45, 7) is 3.12. The van der Waals surface area contributed by atoms with Crippen LogP contribution in [0.4, 0.5) is 0 Å². The third-order valence-corrected chi connectivity index (χ3v) is 6.35. The monoisotopic (exact) mass is 419 g/mol. The van der Waals surface area contributed by atoms with Crippen LogP contribution in [0.25, 0.3) is 0 Å². The number of hydrogen-bond acceptors (Lipinski definition) is 5. The molecular formula is C26H29NO4. The van der Waals surface area contributed by atoms with Crippen molar-refractivity contribution in [2.45, 2.75) is 25.8 Å². The second-order valence-electron chi connectivity index (χ2n) is 8.30. The summed E-state index contributed by atoms with van der Waals surface area (Å²) in [5.41, 5.74) is 2.23. The van der Waals surface area contributed by atoms with E-state index in [9.17, 15) is 9.59 Å². The Morgan fingerprint density at radius 1 is 0.935 bits per heavy atom.